The van der Waals surface area contributed by atoms with Crippen LogP contribution in [-0.4, -0.2) is 18.2 Å². The van der Waals surface area contributed by atoms with Crippen LogP contribution in [0.15, 0.2) is 24.3 Å². The van der Waals surface area contributed by atoms with Crippen molar-refractivity contribution in [3.63, 3.8) is 0 Å². The molecule has 1 aliphatic heterocycles. The summed E-state index contributed by atoms with van der Waals surface area (Å²) in [4.78, 5) is 0. The molecular formula is C12H15NO. The molecular weight excluding hydrogens is 174 g/mol. The summed E-state index contributed by atoms with van der Waals surface area (Å²) in [6.07, 6.45) is 2.61. The summed E-state index contributed by atoms with van der Waals surface area (Å²) in [5, 5.41) is 12.9. The van der Waals surface area contributed by atoms with Gasteiger partial charge in [0.1, 0.15) is 5.75 Å². The number of benzene rings is 1. The highest BCUT2D eigenvalue weighted by Crippen LogP contribution is 2.51. The van der Waals surface area contributed by atoms with E-state index in [0.717, 1.165) is 19.0 Å². The predicted octanol–water partition coefficient (Wildman–Crippen LogP) is 1.64. The molecule has 2 N–H and O–H groups in total. The molecule has 14 heavy (non-hydrogen) atoms. The molecule has 1 saturated carbocycles. The summed E-state index contributed by atoms with van der Waals surface area (Å²) in [5.41, 5.74) is 1.66. The molecule has 2 nitrogen and oxygen atoms in total. The molecule has 0 bridgehead atoms. The van der Waals surface area contributed by atoms with Gasteiger partial charge in [-0.05, 0) is 43.0 Å². The molecule has 1 saturated heterocycles. The Bertz CT molecular complexity index is 363. The Kier molecular flexibility index (Phi) is 1.62. The maximum Gasteiger partial charge on any atom is 0.115 e. The third-order valence-corrected chi connectivity index (χ3v) is 3.97. The lowest BCUT2D eigenvalue weighted by Gasteiger charge is -2.44. The molecule has 2 aliphatic rings. The standard InChI is InChI=1S/C12H15NO/c14-11-3-1-2-9(6-11)12-5-4-10(12)7-13-8-12/h1-3,6,10,13-14H,4-5,7-8H2. The number of rotatable bonds is 1. The number of aromatic hydroxyl groups is 1. The van der Waals surface area contributed by atoms with Gasteiger partial charge in [-0.25, -0.2) is 0 Å². The first-order valence-electron chi connectivity index (χ1n) is 5.31. The van der Waals surface area contributed by atoms with E-state index in [1.54, 1.807) is 6.07 Å². The van der Waals surface area contributed by atoms with Crippen LogP contribution >= 0.6 is 0 Å². The molecule has 2 fully saturated rings. The van der Waals surface area contributed by atoms with Crippen molar-refractivity contribution in [2.24, 2.45) is 5.92 Å². The highest BCUT2D eigenvalue weighted by atomic mass is 16.3. The van der Waals surface area contributed by atoms with E-state index in [2.05, 4.69) is 11.4 Å². The molecule has 74 valence electrons. The first kappa shape index (κ1) is 8.30. The lowest BCUT2D eigenvalue weighted by molar-refractivity contribution is 0.182. The van der Waals surface area contributed by atoms with E-state index < -0.39 is 0 Å². The van der Waals surface area contributed by atoms with Gasteiger partial charge in [-0.1, -0.05) is 12.1 Å². The van der Waals surface area contributed by atoms with E-state index in [9.17, 15) is 5.11 Å². The summed E-state index contributed by atoms with van der Waals surface area (Å²) in [5.74, 6) is 1.19. The van der Waals surface area contributed by atoms with E-state index in [1.807, 2.05) is 12.1 Å². The summed E-state index contributed by atoms with van der Waals surface area (Å²) in [6, 6.07) is 7.78. The summed E-state index contributed by atoms with van der Waals surface area (Å²) in [7, 11) is 0. The van der Waals surface area contributed by atoms with Crippen molar-refractivity contribution in [3.05, 3.63) is 29.8 Å². The highest BCUT2D eigenvalue weighted by molar-refractivity contribution is 5.37. The van der Waals surface area contributed by atoms with Crippen LogP contribution in [0.2, 0.25) is 0 Å². The monoisotopic (exact) mass is 189 g/mol. The van der Waals surface area contributed by atoms with Crippen molar-refractivity contribution in [1.29, 1.82) is 0 Å². The molecule has 2 atom stereocenters. The summed E-state index contributed by atoms with van der Waals surface area (Å²) in [6.45, 7) is 2.23. The average Bonchev–Trinajstić information content (AvgIpc) is 2.43. The molecule has 1 aromatic rings. The van der Waals surface area contributed by atoms with Crippen LogP contribution < -0.4 is 5.32 Å². The van der Waals surface area contributed by atoms with Crippen molar-refractivity contribution >= 4 is 0 Å². The molecule has 1 aromatic carbocycles. The lowest BCUT2D eigenvalue weighted by Crippen LogP contribution is -2.43. The van der Waals surface area contributed by atoms with Crippen LogP contribution in [0.5, 0.6) is 5.75 Å². The first-order chi connectivity index (χ1) is 6.81. The molecule has 2 unspecified atom stereocenters. The lowest BCUT2D eigenvalue weighted by atomic mass is 9.59. The fraction of sp³-hybridized carbons (Fsp3) is 0.500. The van der Waals surface area contributed by atoms with Gasteiger partial charge in [-0.15, -0.1) is 0 Å². The fourth-order valence-corrected chi connectivity index (χ4v) is 2.99. The molecule has 0 amide bonds. The second-order valence-corrected chi connectivity index (χ2v) is 4.57. The molecule has 0 radical (unpaired) electrons. The van der Waals surface area contributed by atoms with Crippen LogP contribution in [0.4, 0.5) is 0 Å². The number of phenols is 1. The Morgan fingerprint density at radius 1 is 1.43 bits per heavy atom. The normalized spacial score (nSPS) is 35.0. The highest BCUT2D eigenvalue weighted by Gasteiger charge is 2.50. The summed E-state index contributed by atoms with van der Waals surface area (Å²) >= 11 is 0. The number of phenolic OH excluding ortho intramolecular Hbond substituents is 1. The Morgan fingerprint density at radius 3 is 3.00 bits per heavy atom. The Balaban J connectivity index is 2.02. The Morgan fingerprint density at radius 2 is 2.36 bits per heavy atom. The largest absolute Gasteiger partial charge is 0.508 e. The second-order valence-electron chi connectivity index (χ2n) is 4.57. The number of nitrogens with one attached hydrogen (secondary N) is 1. The minimum absolute atomic E-state index is 0.346. The van der Waals surface area contributed by atoms with E-state index in [1.165, 1.54) is 18.4 Å². The van der Waals surface area contributed by atoms with Gasteiger partial charge in [0.05, 0.1) is 0 Å². The van der Waals surface area contributed by atoms with Crippen molar-refractivity contribution in [3.8, 4) is 5.75 Å². The minimum Gasteiger partial charge on any atom is -0.508 e. The molecule has 0 aromatic heterocycles. The second kappa shape index (κ2) is 2.74. The van der Waals surface area contributed by atoms with Crippen molar-refractivity contribution in [2.75, 3.05) is 13.1 Å². The van der Waals surface area contributed by atoms with Gasteiger partial charge in [0.2, 0.25) is 0 Å². The molecule has 0 spiro atoms. The molecule has 1 heterocycles. The van der Waals surface area contributed by atoms with Gasteiger partial charge in [0.15, 0.2) is 0 Å². The first-order valence-corrected chi connectivity index (χ1v) is 5.31. The topological polar surface area (TPSA) is 32.3 Å². The van der Waals surface area contributed by atoms with Crippen molar-refractivity contribution in [2.45, 2.75) is 18.3 Å². The zero-order valence-electron chi connectivity index (χ0n) is 8.16. The predicted molar refractivity (Wildman–Crippen MR) is 55.4 cm³/mol. The summed E-state index contributed by atoms with van der Waals surface area (Å²) < 4.78 is 0. The van der Waals surface area contributed by atoms with E-state index in [4.69, 9.17) is 0 Å². The van der Waals surface area contributed by atoms with E-state index in [0.29, 0.717) is 11.2 Å². The van der Waals surface area contributed by atoms with Crippen LogP contribution in [0.1, 0.15) is 18.4 Å². The van der Waals surface area contributed by atoms with Gasteiger partial charge in [0.25, 0.3) is 0 Å². The van der Waals surface area contributed by atoms with Gasteiger partial charge in [-0.2, -0.15) is 0 Å². The van der Waals surface area contributed by atoms with Crippen LogP contribution in [0.3, 0.4) is 0 Å². The molecule has 2 heteroatoms. The van der Waals surface area contributed by atoms with E-state index in [-0.39, 0.29) is 0 Å². The van der Waals surface area contributed by atoms with Crippen LogP contribution in [0, 0.1) is 5.92 Å². The van der Waals surface area contributed by atoms with E-state index >= 15 is 0 Å². The number of hydrogen-bond donors (Lipinski definition) is 2. The Labute approximate surface area is 84.0 Å². The quantitative estimate of drug-likeness (QED) is 0.704. The molecule has 1 aliphatic carbocycles. The van der Waals surface area contributed by atoms with Crippen molar-refractivity contribution < 1.29 is 5.11 Å². The molecule has 3 rings (SSSR count). The maximum atomic E-state index is 9.48. The Hall–Kier alpha value is -1.02. The van der Waals surface area contributed by atoms with Crippen LogP contribution in [-0.2, 0) is 5.41 Å². The third-order valence-electron chi connectivity index (χ3n) is 3.97. The smallest absolute Gasteiger partial charge is 0.115 e. The average molecular weight is 189 g/mol. The third kappa shape index (κ3) is 0.947. The van der Waals surface area contributed by atoms with Gasteiger partial charge in [-0.3, -0.25) is 0 Å². The van der Waals surface area contributed by atoms with Gasteiger partial charge >= 0.3 is 0 Å². The zero-order valence-corrected chi connectivity index (χ0v) is 8.16. The number of fused-ring (bicyclic) bond motifs is 1. The van der Waals surface area contributed by atoms with Gasteiger partial charge < -0.3 is 10.4 Å². The SMILES string of the molecule is Oc1cccc(C23CCC2CNC3)c1. The van der Waals surface area contributed by atoms with Crippen LogP contribution in [0.25, 0.3) is 0 Å². The fourth-order valence-electron chi connectivity index (χ4n) is 2.99. The van der Waals surface area contributed by atoms with Crippen molar-refractivity contribution in [1.82, 2.24) is 5.32 Å². The van der Waals surface area contributed by atoms with Gasteiger partial charge in [0, 0.05) is 12.0 Å². The minimum atomic E-state index is 0.346. The number of hydrogen-bond acceptors (Lipinski definition) is 2. The zero-order chi connectivity index (χ0) is 9.60. The maximum absolute atomic E-state index is 9.48.